The molecule has 13 heteroatoms. The number of nitrogens with one attached hydrogen (secondary N) is 1. The van der Waals surface area contributed by atoms with Crippen molar-refractivity contribution in [2.75, 3.05) is 25.0 Å². The van der Waals surface area contributed by atoms with Crippen molar-refractivity contribution in [2.24, 2.45) is 9.98 Å². The summed E-state index contributed by atoms with van der Waals surface area (Å²) in [4.78, 5) is 50.0. The minimum absolute atomic E-state index is 0.00809. The highest BCUT2D eigenvalue weighted by atomic mass is 79.9. The third kappa shape index (κ3) is 9.33. The van der Waals surface area contributed by atoms with Crippen molar-refractivity contribution in [2.45, 2.75) is 51.2 Å². The maximum Gasteiger partial charge on any atom is 0.410 e. The summed E-state index contributed by atoms with van der Waals surface area (Å²) in [6.45, 7) is 3.01. The quantitative estimate of drug-likeness (QED) is 0.179. The number of para-hydroxylation sites is 1. The molecule has 2 aliphatic rings. The highest BCUT2D eigenvalue weighted by Gasteiger charge is 2.33. The number of halogens is 2. The molecule has 1 fully saturated rings. The van der Waals surface area contributed by atoms with Crippen molar-refractivity contribution < 1.29 is 29.3 Å². The Bertz CT molecular complexity index is 1640. The number of aliphatic imine (C=N–C) groups is 2. The predicted molar refractivity (Wildman–Crippen MR) is 176 cm³/mol. The van der Waals surface area contributed by atoms with Gasteiger partial charge in [-0.05, 0) is 91.9 Å². The van der Waals surface area contributed by atoms with Crippen LogP contribution in [-0.4, -0.2) is 81.6 Å². The van der Waals surface area contributed by atoms with Gasteiger partial charge in [0, 0.05) is 55.9 Å². The van der Waals surface area contributed by atoms with Gasteiger partial charge in [-0.1, -0.05) is 25.1 Å². The number of benzene rings is 2. The zero-order chi connectivity index (χ0) is 32.3. The van der Waals surface area contributed by atoms with Crippen LogP contribution in [0.25, 0.3) is 0 Å². The number of likely N-dealkylation sites (tertiary alicyclic amines) is 1. The molecule has 0 aliphatic carbocycles. The van der Waals surface area contributed by atoms with E-state index < -0.39 is 18.1 Å². The molecule has 1 saturated heterocycles. The van der Waals surface area contributed by atoms with E-state index in [1.54, 1.807) is 19.1 Å². The van der Waals surface area contributed by atoms with Crippen LogP contribution in [0.3, 0.4) is 0 Å². The van der Waals surface area contributed by atoms with Crippen molar-refractivity contribution >= 4 is 67.3 Å². The Balaban J connectivity index is 1.43. The summed E-state index contributed by atoms with van der Waals surface area (Å²) in [5.74, 6) is 3.90. The second-order valence-electron chi connectivity index (χ2n) is 10.2. The van der Waals surface area contributed by atoms with Crippen molar-refractivity contribution in [3.8, 4) is 5.75 Å². The van der Waals surface area contributed by atoms with Crippen LogP contribution in [-0.2, 0) is 22.4 Å². The first-order valence-electron chi connectivity index (χ1n) is 14.3. The van der Waals surface area contributed by atoms with E-state index in [4.69, 9.17) is 4.74 Å². The van der Waals surface area contributed by atoms with Crippen LogP contribution in [0.1, 0.15) is 37.3 Å². The number of amides is 4. The molecular formula is C32H31Br2N5O6. The van der Waals surface area contributed by atoms with Crippen molar-refractivity contribution in [1.29, 1.82) is 0 Å². The molecule has 3 N–H and O–H groups in total. The van der Waals surface area contributed by atoms with Crippen LogP contribution in [0, 0.1) is 0 Å². The molecule has 0 radical (unpaired) electrons. The molecule has 0 aromatic heterocycles. The summed E-state index contributed by atoms with van der Waals surface area (Å²) in [7, 11) is 0. The normalized spacial score (nSPS) is 15.0. The van der Waals surface area contributed by atoms with Gasteiger partial charge >= 0.3 is 12.1 Å². The van der Waals surface area contributed by atoms with Gasteiger partial charge in [0.1, 0.15) is 11.5 Å². The molecule has 0 bridgehead atoms. The average molecular weight is 741 g/mol. The number of aliphatic hydroxyl groups is 1. The number of nitrogens with zero attached hydrogens (tertiary/aromatic N) is 4. The molecule has 2 aromatic rings. The SMILES string of the molecule is CCC(O)=C=C=NC=C=C=NC(=O)[C@@H](Cc1cc(Br)c(O)c(Br)c1)OC(=O)N1CCC(N2CCc3ccccc3NC2=O)CC1. The fraction of sp³-hybridized carbons (Fsp3) is 0.344. The van der Waals surface area contributed by atoms with E-state index in [1.165, 1.54) is 4.90 Å². The van der Waals surface area contributed by atoms with Gasteiger partial charge in [-0.25, -0.2) is 9.59 Å². The third-order valence-electron chi connectivity index (χ3n) is 7.28. The Morgan fingerprint density at radius 3 is 2.58 bits per heavy atom. The maximum atomic E-state index is 13.2. The Morgan fingerprint density at radius 1 is 1.16 bits per heavy atom. The molecule has 234 valence electrons. The van der Waals surface area contributed by atoms with Gasteiger partial charge in [0.2, 0.25) is 0 Å². The minimum Gasteiger partial charge on any atom is -0.506 e. The number of phenolic OH excluding ortho intramolecular Hbond substituents is 1. The number of hydrogen-bond acceptors (Lipinski definition) is 7. The molecule has 4 amide bonds. The Morgan fingerprint density at radius 2 is 1.87 bits per heavy atom. The lowest BCUT2D eigenvalue weighted by molar-refractivity contribution is -0.126. The highest BCUT2D eigenvalue weighted by Crippen LogP contribution is 2.34. The topological polar surface area (TPSA) is 144 Å². The van der Waals surface area contributed by atoms with E-state index in [-0.39, 0.29) is 30.0 Å². The molecule has 4 rings (SSSR count). The number of hydrogen-bond donors (Lipinski definition) is 3. The lowest BCUT2D eigenvalue weighted by Crippen LogP contribution is -2.50. The first-order chi connectivity index (χ1) is 21.7. The summed E-state index contributed by atoms with van der Waals surface area (Å²) in [5, 5.41) is 22.4. The van der Waals surface area contributed by atoms with Gasteiger partial charge in [0.05, 0.1) is 15.1 Å². The number of urea groups is 1. The van der Waals surface area contributed by atoms with E-state index in [0.29, 0.717) is 53.4 Å². The minimum atomic E-state index is -1.30. The lowest BCUT2D eigenvalue weighted by Gasteiger charge is -2.37. The fourth-order valence-electron chi connectivity index (χ4n) is 4.86. The van der Waals surface area contributed by atoms with Gasteiger partial charge in [-0.15, -0.1) is 0 Å². The molecule has 0 unspecified atom stereocenters. The van der Waals surface area contributed by atoms with Crippen LogP contribution < -0.4 is 5.32 Å². The number of fused-ring (bicyclic) bond motifs is 1. The van der Waals surface area contributed by atoms with E-state index in [1.807, 2.05) is 29.2 Å². The van der Waals surface area contributed by atoms with Gasteiger partial charge in [0.15, 0.2) is 6.10 Å². The molecule has 11 nitrogen and oxygen atoms in total. The summed E-state index contributed by atoms with van der Waals surface area (Å²) >= 11 is 6.55. The van der Waals surface area contributed by atoms with Gasteiger partial charge in [-0.2, -0.15) is 9.98 Å². The summed E-state index contributed by atoms with van der Waals surface area (Å²) in [5.41, 5.74) is 7.38. The van der Waals surface area contributed by atoms with Gasteiger partial charge < -0.3 is 30.1 Å². The number of phenols is 1. The number of aromatic hydroxyl groups is 1. The summed E-state index contributed by atoms with van der Waals surface area (Å²) in [6.07, 6.45) is 1.37. The molecule has 0 spiro atoms. The molecule has 2 heterocycles. The van der Waals surface area contributed by atoms with Crippen LogP contribution in [0.5, 0.6) is 5.75 Å². The number of carbonyl (C=O) groups is 3. The first-order valence-corrected chi connectivity index (χ1v) is 15.8. The number of piperidine rings is 1. The van der Waals surface area contributed by atoms with Crippen LogP contribution in [0.2, 0.25) is 0 Å². The zero-order valence-electron chi connectivity index (χ0n) is 24.4. The molecule has 45 heavy (non-hydrogen) atoms. The van der Waals surface area contributed by atoms with E-state index in [0.717, 1.165) is 23.9 Å². The average Bonchev–Trinajstić information content (AvgIpc) is 3.20. The molecular weight excluding hydrogens is 710 g/mol. The largest absolute Gasteiger partial charge is 0.506 e. The van der Waals surface area contributed by atoms with Crippen molar-refractivity contribution in [3.05, 3.63) is 79.9 Å². The van der Waals surface area contributed by atoms with Crippen LogP contribution >= 0.6 is 31.9 Å². The van der Waals surface area contributed by atoms with Gasteiger partial charge in [-0.3, -0.25) is 4.79 Å². The summed E-state index contributed by atoms with van der Waals surface area (Å²) < 4.78 is 6.46. The Hall–Kier alpha value is -4.33. The number of aliphatic hydroxyl groups excluding tert-OH is 1. The van der Waals surface area contributed by atoms with Crippen molar-refractivity contribution in [1.82, 2.24) is 9.80 Å². The maximum absolute atomic E-state index is 13.2. The first kappa shape index (κ1) is 33.6. The smallest absolute Gasteiger partial charge is 0.410 e. The number of allylic oxidation sites excluding steroid dienone is 1. The van der Waals surface area contributed by atoms with Gasteiger partial charge in [0.25, 0.3) is 5.91 Å². The Kier molecular flexibility index (Phi) is 12.0. The second kappa shape index (κ2) is 16.1. The van der Waals surface area contributed by atoms with E-state index >= 15 is 0 Å². The molecule has 1 atom stereocenters. The van der Waals surface area contributed by atoms with Crippen LogP contribution in [0.4, 0.5) is 15.3 Å². The standard InChI is InChI=1S/C32H31Br2N5O6/c1-2-24(40)8-14-35-12-5-13-36-30(42)28(20-21-18-25(33)29(41)26(34)19-21)45-32(44)38-15-10-23(11-16-38)39-17-9-22-6-3-4-7-27(22)37-31(39)43/h3-4,6-7,12,18-19,23,28,40-41H,2,9-11,15-17,20H2,1H3,(H,37,43)/t28-/m1/s1. The highest BCUT2D eigenvalue weighted by molar-refractivity contribution is 9.11. The number of rotatable bonds is 7. The predicted octanol–water partition coefficient (Wildman–Crippen LogP) is 6.06. The zero-order valence-corrected chi connectivity index (χ0v) is 27.6. The lowest BCUT2D eigenvalue weighted by atomic mass is 10.0. The number of carbonyl (C=O) groups excluding carboxylic acids is 3. The number of anilines is 1. The summed E-state index contributed by atoms with van der Waals surface area (Å²) in [6, 6.07) is 10.8. The molecule has 2 aliphatic heterocycles. The monoisotopic (exact) mass is 739 g/mol. The van der Waals surface area contributed by atoms with E-state index in [9.17, 15) is 24.6 Å². The molecule has 2 aromatic carbocycles. The number of ether oxygens (including phenoxy) is 1. The third-order valence-corrected chi connectivity index (χ3v) is 8.49. The van der Waals surface area contributed by atoms with Crippen LogP contribution in [0.15, 0.2) is 78.8 Å². The Labute approximate surface area is 277 Å². The van der Waals surface area contributed by atoms with Crippen molar-refractivity contribution in [3.63, 3.8) is 0 Å². The van der Waals surface area contributed by atoms with E-state index in [2.05, 4.69) is 70.4 Å². The molecule has 0 saturated carbocycles. The fourth-order valence-corrected chi connectivity index (χ4v) is 6.14. The second-order valence-corrected chi connectivity index (χ2v) is 11.9.